The van der Waals surface area contributed by atoms with Crippen molar-refractivity contribution < 1.29 is 15.3 Å². The number of hydrogen-bond donors (Lipinski definition) is 3. The van der Waals surface area contributed by atoms with Crippen LogP contribution in [0.15, 0.2) is 10.6 Å². The number of thioether (sulfide) groups is 1. The molecule has 0 fully saturated rings. The standard InChI is InChI=1S/C7H8BrNO3S/c8-3-1-4(13-2-9)6(11)7(12)5(3)10/h1,4-7,10-12H/t4-,5-,6+,7-/m1/s1. The predicted molar refractivity (Wildman–Crippen MR) is 52.0 cm³/mol. The molecule has 1 rings (SSSR count). The first-order chi connectivity index (χ1) is 6.07. The summed E-state index contributed by atoms with van der Waals surface area (Å²) >= 11 is 3.90. The van der Waals surface area contributed by atoms with E-state index in [0.717, 1.165) is 11.8 Å². The van der Waals surface area contributed by atoms with Crippen LogP contribution in [-0.4, -0.2) is 38.9 Å². The molecular weight excluding hydrogens is 258 g/mol. The lowest BCUT2D eigenvalue weighted by Crippen LogP contribution is -2.46. The van der Waals surface area contributed by atoms with E-state index in [-0.39, 0.29) is 0 Å². The highest BCUT2D eigenvalue weighted by atomic mass is 79.9. The van der Waals surface area contributed by atoms with Crippen LogP contribution in [0.3, 0.4) is 0 Å². The minimum Gasteiger partial charge on any atom is -0.389 e. The summed E-state index contributed by atoms with van der Waals surface area (Å²) in [6.45, 7) is 0. The SMILES string of the molecule is N#CS[C@@H]1C=C(Br)[C@@H](O)[C@@H](O)[C@H]1O. The third-order valence-corrected chi connectivity index (χ3v) is 3.33. The Morgan fingerprint density at radius 3 is 2.54 bits per heavy atom. The van der Waals surface area contributed by atoms with Gasteiger partial charge in [0.15, 0.2) is 0 Å². The molecule has 0 aromatic heterocycles. The fourth-order valence-corrected chi connectivity index (χ4v) is 2.43. The van der Waals surface area contributed by atoms with E-state index in [2.05, 4.69) is 15.9 Å². The van der Waals surface area contributed by atoms with Crippen molar-refractivity contribution in [1.29, 1.82) is 5.26 Å². The molecular formula is C7H8BrNO3S. The first-order valence-corrected chi connectivity index (χ1v) is 5.21. The van der Waals surface area contributed by atoms with Crippen molar-refractivity contribution in [3.63, 3.8) is 0 Å². The van der Waals surface area contributed by atoms with Crippen molar-refractivity contribution in [3.8, 4) is 5.40 Å². The smallest absolute Gasteiger partial charge is 0.134 e. The Balaban J connectivity index is 2.83. The Morgan fingerprint density at radius 1 is 1.38 bits per heavy atom. The van der Waals surface area contributed by atoms with Gasteiger partial charge in [0.25, 0.3) is 0 Å². The molecule has 0 aromatic carbocycles. The van der Waals surface area contributed by atoms with Crippen molar-refractivity contribution in [1.82, 2.24) is 0 Å². The van der Waals surface area contributed by atoms with Crippen molar-refractivity contribution >= 4 is 27.7 Å². The zero-order chi connectivity index (χ0) is 10.0. The minimum atomic E-state index is -1.25. The average Bonchev–Trinajstić information content (AvgIpc) is 2.11. The number of nitriles is 1. The minimum absolute atomic E-state index is 0.401. The number of rotatable bonds is 1. The van der Waals surface area contributed by atoms with E-state index in [1.54, 1.807) is 0 Å². The fourth-order valence-electron chi connectivity index (χ4n) is 1.06. The molecule has 1 aliphatic rings. The normalized spacial score (nSPS) is 39.5. The van der Waals surface area contributed by atoms with Gasteiger partial charge >= 0.3 is 0 Å². The van der Waals surface area contributed by atoms with Crippen LogP contribution in [0.1, 0.15) is 0 Å². The summed E-state index contributed by atoms with van der Waals surface area (Å²) in [6.07, 6.45) is -1.94. The van der Waals surface area contributed by atoms with E-state index in [4.69, 9.17) is 5.26 Å². The summed E-state index contributed by atoms with van der Waals surface area (Å²) in [5, 5.41) is 37.7. The molecule has 4 atom stereocenters. The van der Waals surface area contributed by atoms with Gasteiger partial charge in [-0.3, -0.25) is 0 Å². The molecule has 13 heavy (non-hydrogen) atoms. The van der Waals surface area contributed by atoms with Crippen LogP contribution in [-0.2, 0) is 0 Å². The summed E-state index contributed by atoms with van der Waals surface area (Å²) in [5.41, 5.74) is 0. The Labute approximate surface area is 88.0 Å². The zero-order valence-corrected chi connectivity index (χ0v) is 8.86. The molecule has 0 heterocycles. The number of thiocyanates is 1. The molecule has 72 valence electrons. The highest BCUT2D eigenvalue weighted by molar-refractivity contribution is 9.11. The van der Waals surface area contributed by atoms with Crippen molar-refractivity contribution in [2.24, 2.45) is 0 Å². The van der Waals surface area contributed by atoms with Gasteiger partial charge in [0.1, 0.15) is 17.6 Å². The third-order valence-electron chi connectivity index (χ3n) is 1.80. The summed E-state index contributed by atoms with van der Waals surface area (Å²) in [6, 6.07) is 0. The van der Waals surface area contributed by atoms with E-state index < -0.39 is 23.6 Å². The van der Waals surface area contributed by atoms with Gasteiger partial charge in [0.05, 0.1) is 11.4 Å². The number of halogens is 1. The van der Waals surface area contributed by atoms with Crippen LogP contribution in [0.2, 0.25) is 0 Å². The first kappa shape index (κ1) is 11.0. The molecule has 0 saturated heterocycles. The average molecular weight is 266 g/mol. The van der Waals surface area contributed by atoms with Gasteiger partial charge in [-0.05, 0) is 11.8 Å². The van der Waals surface area contributed by atoms with E-state index >= 15 is 0 Å². The largest absolute Gasteiger partial charge is 0.389 e. The van der Waals surface area contributed by atoms with E-state index in [9.17, 15) is 15.3 Å². The lowest BCUT2D eigenvalue weighted by atomic mass is 9.98. The summed E-state index contributed by atoms with van der Waals surface area (Å²) < 4.78 is 0.401. The third kappa shape index (κ3) is 2.24. The lowest BCUT2D eigenvalue weighted by Gasteiger charge is -2.31. The van der Waals surface area contributed by atoms with Crippen LogP contribution in [0.25, 0.3) is 0 Å². The van der Waals surface area contributed by atoms with Gasteiger partial charge < -0.3 is 15.3 Å². The highest BCUT2D eigenvalue weighted by Crippen LogP contribution is 2.30. The summed E-state index contributed by atoms with van der Waals surface area (Å²) in [5.74, 6) is 0. The van der Waals surface area contributed by atoms with Crippen LogP contribution in [0.5, 0.6) is 0 Å². The second kappa shape index (κ2) is 4.44. The maximum atomic E-state index is 9.41. The topological polar surface area (TPSA) is 84.5 Å². The fraction of sp³-hybridized carbons (Fsp3) is 0.571. The molecule has 0 unspecified atom stereocenters. The van der Waals surface area contributed by atoms with Crippen molar-refractivity contribution in [2.75, 3.05) is 0 Å². The number of aliphatic hydroxyl groups excluding tert-OH is 3. The second-order valence-electron chi connectivity index (χ2n) is 2.65. The molecule has 0 aliphatic heterocycles. The van der Waals surface area contributed by atoms with Gasteiger partial charge in [-0.15, -0.1) is 0 Å². The Morgan fingerprint density at radius 2 is 2.00 bits per heavy atom. The Bertz CT molecular complexity index is 265. The summed E-state index contributed by atoms with van der Waals surface area (Å²) in [7, 11) is 0. The molecule has 0 bridgehead atoms. The number of nitrogens with zero attached hydrogens (tertiary/aromatic N) is 1. The monoisotopic (exact) mass is 265 g/mol. The molecule has 0 saturated carbocycles. The zero-order valence-electron chi connectivity index (χ0n) is 6.46. The van der Waals surface area contributed by atoms with E-state index in [1.807, 2.05) is 5.40 Å². The Kier molecular flexibility index (Phi) is 3.76. The molecule has 0 radical (unpaired) electrons. The molecule has 6 heteroatoms. The molecule has 4 nitrogen and oxygen atoms in total. The molecule has 0 spiro atoms. The van der Waals surface area contributed by atoms with Crippen molar-refractivity contribution in [2.45, 2.75) is 23.6 Å². The van der Waals surface area contributed by atoms with Crippen LogP contribution >= 0.6 is 27.7 Å². The highest BCUT2D eigenvalue weighted by Gasteiger charge is 2.36. The molecule has 1 aliphatic carbocycles. The van der Waals surface area contributed by atoms with Crippen LogP contribution < -0.4 is 0 Å². The van der Waals surface area contributed by atoms with Gasteiger partial charge in [-0.2, -0.15) is 5.26 Å². The van der Waals surface area contributed by atoms with Gasteiger partial charge in [0, 0.05) is 4.48 Å². The molecule has 0 amide bonds. The van der Waals surface area contributed by atoms with Crippen LogP contribution in [0.4, 0.5) is 0 Å². The van der Waals surface area contributed by atoms with Gasteiger partial charge in [-0.1, -0.05) is 22.0 Å². The quantitative estimate of drug-likeness (QED) is 0.579. The Hall–Kier alpha value is -0.0600. The maximum absolute atomic E-state index is 9.41. The second-order valence-corrected chi connectivity index (χ2v) is 4.53. The van der Waals surface area contributed by atoms with Gasteiger partial charge in [-0.25, -0.2) is 0 Å². The lowest BCUT2D eigenvalue weighted by molar-refractivity contribution is -0.0440. The van der Waals surface area contributed by atoms with E-state index in [0.29, 0.717) is 4.48 Å². The number of aliphatic hydroxyl groups is 3. The van der Waals surface area contributed by atoms with Crippen LogP contribution in [0, 0.1) is 10.7 Å². The molecule has 0 aromatic rings. The van der Waals surface area contributed by atoms with Crippen molar-refractivity contribution in [3.05, 3.63) is 10.6 Å². The molecule has 3 N–H and O–H groups in total. The first-order valence-electron chi connectivity index (χ1n) is 3.54. The van der Waals surface area contributed by atoms with Gasteiger partial charge in [0.2, 0.25) is 0 Å². The predicted octanol–water partition coefficient (Wildman–Crippen LogP) is -0.0556. The van der Waals surface area contributed by atoms with E-state index in [1.165, 1.54) is 6.08 Å². The number of hydrogen-bond acceptors (Lipinski definition) is 5. The summed E-state index contributed by atoms with van der Waals surface area (Å²) in [4.78, 5) is 0. The maximum Gasteiger partial charge on any atom is 0.134 e.